The summed E-state index contributed by atoms with van der Waals surface area (Å²) < 4.78 is 71.8. The molecule has 0 N–H and O–H groups in total. The molecule has 1 aromatic carbocycles. The fraction of sp³-hybridized carbons (Fsp3) is 0.538. The normalized spacial score (nSPS) is 16.8. The summed E-state index contributed by atoms with van der Waals surface area (Å²) in [4.78, 5) is 23.1. The number of halogens is 3. The Kier molecular flexibility index (Phi) is 8.50. The number of anilines is 2. The summed E-state index contributed by atoms with van der Waals surface area (Å²) in [6.45, 7) is 8.72. The van der Waals surface area contributed by atoms with Gasteiger partial charge in [-0.1, -0.05) is 19.9 Å². The van der Waals surface area contributed by atoms with Gasteiger partial charge in [0.1, 0.15) is 6.61 Å². The highest BCUT2D eigenvalue weighted by molar-refractivity contribution is 7.90. The molecule has 0 spiro atoms. The highest BCUT2D eigenvalue weighted by atomic mass is 32.2. The second-order valence-corrected chi connectivity index (χ2v) is 12.4. The summed E-state index contributed by atoms with van der Waals surface area (Å²) in [5.41, 5.74) is -1.88. The van der Waals surface area contributed by atoms with Crippen LogP contribution in [0.25, 0.3) is 0 Å². The molecule has 2 heterocycles. The molecule has 3 rings (SSSR count). The first-order chi connectivity index (χ1) is 18.0. The van der Waals surface area contributed by atoms with E-state index in [0.717, 1.165) is 12.5 Å². The van der Waals surface area contributed by atoms with E-state index in [0.29, 0.717) is 24.3 Å². The minimum atomic E-state index is -4.77. The van der Waals surface area contributed by atoms with Crippen molar-refractivity contribution in [2.45, 2.75) is 63.8 Å². The summed E-state index contributed by atoms with van der Waals surface area (Å²) in [6.07, 6.45) is -2.62. The maximum Gasteiger partial charge on any atom is 0.433 e. The van der Waals surface area contributed by atoms with Gasteiger partial charge in [-0.05, 0) is 31.9 Å². The van der Waals surface area contributed by atoms with Crippen molar-refractivity contribution in [2.75, 3.05) is 35.7 Å². The van der Waals surface area contributed by atoms with Gasteiger partial charge in [0.25, 0.3) is 0 Å². The van der Waals surface area contributed by atoms with Crippen molar-refractivity contribution in [3.63, 3.8) is 0 Å². The van der Waals surface area contributed by atoms with Gasteiger partial charge in [-0.15, -0.1) is 0 Å². The number of esters is 1. The number of nitrogens with zero attached hydrogens (tertiary/aromatic N) is 5. The van der Waals surface area contributed by atoms with Crippen LogP contribution in [0.2, 0.25) is 0 Å². The molecule has 212 valence electrons. The number of sulfone groups is 1. The van der Waals surface area contributed by atoms with Crippen LogP contribution in [0, 0.1) is 17.2 Å². The maximum atomic E-state index is 14.0. The van der Waals surface area contributed by atoms with E-state index >= 15 is 0 Å². The average molecular weight is 568 g/mol. The zero-order valence-electron chi connectivity index (χ0n) is 22.7. The average Bonchev–Trinajstić information content (AvgIpc) is 2.85. The fourth-order valence-corrected chi connectivity index (χ4v) is 5.43. The minimum absolute atomic E-state index is 0.0152. The molecule has 0 saturated carbocycles. The van der Waals surface area contributed by atoms with E-state index in [1.165, 1.54) is 26.8 Å². The van der Waals surface area contributed by atoms with Crippen LogP contribution in [-0.4, -0.2) is 56.3 Å². The highest BCUT2D eigenvalue weighted by Gasteiger charge is 2.42. The molecule has 13 heteroatoms. The lowest BCUT2D eigenvalue weighted by atomic mass is 9.86. The number of aromatic nitrogens is 2. The van der Waals surface area contributed by atoms with Crippen LogP contribution in [0.1, 0.15) is 51.4 Å². The lowest BCUT2D eigenvalue weighted by Gasteiger charge is -2.44. The molecule has 1 fully saturated rings. The van der Waals surface area contributed by atoms with Crippen molar-refractivity contribution < 1.29 is 31.1 Å². The van der Waals surface area contributed by atoms with E-state index < -0.39 is 33.1 Å². The van der Waals surface area contributed by atoms with E-state index in [-0.39, 0.29) is 41.5 Å². The monoisotopic (exact) mass is 567 g/mol. The van der Waals surface area contributed by atoms with E-state index in [9.17, 15) is 31.6 Å². The van der Waals surface area contributed by atoms with E-state index in [1.54, 1.807) is 17.0 Å². The quantitative estimate of drug-likeness (QED) is 0.456. The smallest absolute Gasteiger partial charge is 0.433 e. The van der Waals surface area contributed by atoms with Gasteiger partial charge in [0.05, 0.1) is 22.4 Å². The Hall–Kier alpha value is -3.40. The number of hydrogen-bond donors (Lipinski definition) is 0. The molecule has 0 bridgehead atoms. The molecular weight excluding hydrogens is 535 g/mol. The van der Waals surface area contributed by atoms with Crippen molar-refractivity contribution >= 4 is 27.4 Å². The molecule has 1 aliphatic rings. The van der Waals surface area contributed by atoms with E-state index in [2.05, 4.69) is 9.97 Å². The number of alkyl halides is 3. The summed E-state index contributed by atoms with van der Waals surface area (Å²) >= 11 is 0. The second-order valence-electron chi connectivity index (χ2n) is 10.5. The molecule has 0 radical (unpaired) electrons. The molecule has 1 aromatic heterocycles. The Morgan fingerprint density at radius 2 is 1.92 bits per heavy atom. The van der Waals surface area contributed by atoms with Crippen molar-refractivity contribution in [2.24, 2.45) is 5.92 Å². The van der Waals surface area contributed by atoms with Gasteiger partial charge in [0.2, 0.25) is 5.95 Å². The Morgan fingerprint density at radius 1 is 1.26 bits per heavy atom. The number of piperazine rings is 1. The van der Waals surface area contributed by atoms with Gasteiger partial charge in [-0.3, -0.25) is 4.79 Å². The summed E-state index contributed by atoms with van der Waals surface area (Å²) in [6, 6.07) is 6.45. The van der Waals surface area contributed by atoms with E-state index in [1.807, 2.05) is 24.8 Å². The molecule has 9 nitrogen and oxygen atoms in total. The molecule has 0 aliphatic carbocycles. The van der Waals surface area contributed by atoms with Gasteiger partial charge in [0.15, 0.2) is 15.5 Å². The number of hydrogen-bond acceptors (Lipinski definition) is 9. The van der Waals surface area contributed by atoms with Crippen molar-refractivity contribution in [1.29, 1.82) is 5.26 Å². The van der Waals surface area contributed by atoms with Crippen molar-refractivity contribution in [1.82, 2.24) is 9.97 Å². The maximum absolute atomic E-state index is 14.0. The molecule has 39 heavy (non-hydrogen) atoms. The topological polar surface area (TPSA) is 116 Å². The molecular formula is C26H32F3N5O4S. The number of benzene rings is 1. The summed E-state index contributed by atoms with van der Waals surface area (Å²) in [7, 11) is -3.64. The van der Waals surface area contributed by atoms with Crippen LogP contribution in [0.15, 0.2) is 29.3 Å². The molecule has 1 saturated heterocycles. The number of carbonyl (C=O) groups excluding carboxylic acids is 1. The van der Waals surface area contributed by atoms with Gasteiger partial charge >= 0.3 is 12.1 Å². The number of nitriles is 1. The zero-order valence-corrected chi connectivity index (χ0v) is 23.5. The lowest BCUT2D eigenvalue weighted by Crippen LogP contribution is -2.56. The number of carbonyl (C=O) groups is 1. The Morgan fingerprint density at radius 3 is 2.46 bits per heavy atom. The zero-order chi connectivity index (χ0) is 29.3. The third-order valence-corrected chi connectivity index (χ3v) is 7.87. The Balaban J connectivity index is 1.97. The first-order valence-electron chi connectivity index (χ1n) is 12.3. The highest BCUT2D eigenvalue weighted by Crippen LogP contribution is 2.37. The fourth-order valence-electron chi connectivity index (χ4n) is 4.49. The molecule has 1 aliphatic heterocycles. The lowest BCUT2D eigenvalue weighted by molar-refractivity contribution is -0.143. The van der Waals surface area contributed by atoms with Gasteiger partial charge in [-0.2, -0.15) is 18.4 Å². The minimum Gasteiger partial charge on any atom is -0.461 e. The Bertz CT molecular complexity index is 1390. The van der Waals surface area contributed by atoms with Crippen molar-refractivity contribution in [3.8, 4) is 6.07 Å². The van der Waals surface area contributed by atoms with Crippen molar-refractivity contribution in [3.05, 3.63) is 41.2 Å². The predicted molar refractivity (Wildman–Crippen MR) is 139 cm³/mol. The van der Waals surface area contributed by atoms with Crippen LogP contribution in [0.5, 0.6) is 0 Å². The first kappa shape index (κ1) is 30.1. The van der Waals surface area contributed by atoms with Crippen LogP contribution in [0.3, 0.4) is 0 Å². The predicted octanol–water partition coefficient (Wildman–Crippen LogP) is 4.11. The second kappa shape index (κ2) is 11.0. The van der Waals surface area contributed by atoms with Gasteiger partial charge in [-0.25, -0.2) is 18.4 Å². The summed E-state index contributed by atoms with van der Waals surface area (Å²) in [5, 5.41) is 9.40. The molecule has 2 aromatic rings. The third kappa shape index (κ3) is 6.79. The van der Waals surface area contributed by atoms with Gasteiger partial charge in [0, 0.05) is 55.8 Å². The van der Waals surface area contributed by atoms with Gasteiger partial charge < -0.3 is 14.5 Å². The van der Waals surface area contributed by atoms with Crippen LogP contribution in [-0.2, 0) is 37.6 Å². The Labute approximate surface area is 226 Å². The van der Waals surface area contributed by atoms with Crippen LogP contribution < -0.4 is 9.80 Å². The standard InChI is InChI=1S/C26H32F3N5O4S/c1-16(2)21-13-33(19-8-7-18(14-38-17(3)35)22(11-19)39(6,36)37)9-10-34(21)24-31-12-20(25(4,5)15-30)23(32-24)26(27,28)29/h7-8,11-12,16,21H,9-10,13-14H2,1-6H3/t21-/m0/s1. The first-order valence-corrected chi connectivity index (χ1v) is 14.2. The molecule has 1 atom stereocenters. The van der Waals surface area contributed by atoms with Crippen LogP contribution >= 0.6 is 0 Å². The largest absolute Gasteiger partial charge is 0.461 e. The summed E-state index contributed by atoms with van der Waals surface area (Å²) in [5.74, 6) is -0.625. The van der Waals surface area contributed by atoms with Crippen LogP contribution in [0.4, 0.5) is 24.8 Å². The number of rotatable bonds is 7. The SMILES string of the molecule is CC(=O)OCc1ccc(N2CCN(c3ncc(C(C)(C)C#N)c(C(F)(F)F)n3)[C@H](C(C)C)C2)cc1S(C)(=O)=O. The number of ether oxygens (including phenoxy) is 1. The van der Waals surface area contributed by atoms with E-state index in [4.69, 9.17) is 4.74 Å². The molecule has 0 amide bonds. The third-order valence-electron chi connectivity index (χ3n) is 6.69. The molecule has 0 unspecified atom stereocenters.